The lowest BCUT2D eigenvalue weighted by molar-refractivity contribution is 0.401. The Hall–Kier alpha value is -2.78. The molecule has 2 heterocycles. The van der Waals surface area contributed by atoms with Crippen molar-refractivity contribution in [3.05, 3.63) is 71.8 Å². The highest BCUT2D eigenvalue weighted by atomic mass is 35.5. The van der Waals surface area contributed by atoms with Gasteiger partial charge in [0, 0.05) is 11.6 Å². The van der Waals surface area contributed by atoms with E-state index in [0.717, 1.165) is 22.3 Å². The van der Waals surface area contributed by atoms with Crippen molar-refractivity contribution in [1.82, 2.24) is 9.97 Å². The molecule has 0 fully saturated rings. The molecule has 0 atom stereocenters. The van der Waals surface area contributed by atoms with Crippen molar-refractivity contribution in [2.75, 3.05) is 7.11 Å². The average Bonchev–Trinajstić information content (AvgIpc) is 3.04. The number of nitrogens with zero attached hydrogens (tertiary/aromatic N) is 1. The summed E-state index contributed by atoms with van der Waals surface area (Å²) in [6.07, 6.45) is 0. The van der Waals surface area contributed by atoms with E-state index in [2.05, 4.69) is 34.2 Å². The van der Waals surface area contributed by atoms with E-state index >= 15 is 0 Å². The minimum atomic E-state index is 0.611. The van der Waals surface area contributed by atoms with Crippen molar-refractivity contribution in [2.24, 2.45) is 0 Å². The number of rotatable bonds is 3. The fraction of sp³-hybridized carbons (Fsp3) is 0.0500. The summed E-state index contributed by atoms with van der Waals surface area (Å²) in [6, 6.07) is 22.3. The average molecular weight is 335 g/mol. The van der Waals surface area contributed by atoms with Crippen LogP contribution in [0, 0.1) is 0 Å². The van der Waals surface area contributed by atoms with Crippen LogP contribution in [0.5, 0.6) is 5.88 Å². The standard InChI is InChI=1S/C20H15ClN2O/c1-24-19-12-18-17(22-19)11-16(21)20(23-18)15-9-7-14(8-10-15)13-5-3-2-4-6-13/h2-12,22H,1H3. The van der Waals surface area contributed by atoms with E-state index in [-0.39, 0.29) is 0 Å². The molecule has 0 aliphatic rings. The van der Waals surface area contributed by atoms with Gasteiger partial charge in [0.05, 0.1) is 28.9 Å². The van der Waals surface area contributed by atoms with Gasteiger partial charge in [0.25, 0.3) is 0 Å². The van der Waals surface area contributed by atoms with Gasteiger partial charge in [-0.25, -0.2) is 4.98 Å². The molecule has 0 aliphatic carbocycles. The first-order valence-electron chi connectivity index (χ1n) is 7.64. The van der Waals surface area contributed by atoms with Gasteiger partial charge >= 0.3 is 0 Å². The number of nitrogens with one attached hydrogen (secondary N) is 1. The number of benzene rings is 2. The third kappa shape index (κ3) is 2.63. The van der Waals surface area contributed by atoms with Crippen LogP contribution in [0.3, 0.4) is 0 Å². The maximum absolute atomic E-state index is 6.42. The number of pyridine rings is 1. The SMILES string of the molecule is COc1cc2nc(-c3ccc(-c4ccccc4)cc3)c(Cl)cc2[nH]1. The molecule has 4 rings (SSSR count). The lowest BCUT2D eigenvalue weighted by atomic mass is 10.0. The van der Waals surface area contributed by atoms with Crippen molar-refractivity contribution in [3.8, 4) is 28.3 Å². The van der Waals surface area contributed by atoms with E-state index in [9.17, 15) is 0 Å². The summed E-state index contributed by atoms with van der Waals surface area (Å²) < 4.78 is 5.21. The smallest absolute Gasteiger partial charge is 0.193 e. The molecule has 24 heavy (non-hydrogen) atoms. The molecule has 118 valence electrons. The molecule has 3 nitrogen and oxygen atoms in total. The molecule has 4 heteroatoms. The Morgan fingerprint density at radius 1 is 0.875 bits per heavy atom. The number of halogens is 1. The van der Waals surface area contributed by atoms with E-state index in [1.54, 1.807) is 7.11 Å². The highest BCUT2D eigenvalue weighted by Crippen LogP contribution is 2.32. The molecular formula is C20H15ClN2O. The molecule has 0 spiro atoms. The molecule has 2 aromatic carbocycles. The lowest BCUT2D eigenvalue weighted by Crippen LogP contribution is -1.86. The number of methoxy groups -OCH3 is 1. The number of fused-ring (bicyclic) bond motifs is 1. The van der Waals surface area contributed by atoms with Gasteiger partial charge in [0.15, 0.2) is 5.88 Å². The number of aromatic nitrogens is 2. The predicted molar refractivity (Wildman–Crippen MR) is 98.5 cm³/mol. The van der Waals surface area contributed by atoms with Crippen LogP contribution in [0.2, 0.25) is 5.02 Å². The van der Waals surface area contributed by atoms with Crippen LogP contribution in [0.25, 0.3) is 33.4 Å². The molecule has 0 bridgehead atoms. The molecule has 0 saturated heterocycles. The summed E-state index contributed by atoms with van der Waals surface area (Å²) in [7, 11) is 1.62. The van der Waals surface area contributed by atoms with Crippen molar-refractivity contribution in [2.45, 2.75) is 0 Å². The lowest BCUT2D eigenvalue weighted by Gasteiger charge is -2.06. The minimum absolute atomic E-state index is 0.611. The Kier molecular flexibility index (Phi) is 3.71. The van der Waals surface area contributed by atoms with E-state index in [1.807, 2.05) is 42.5 Å². The first-order chi connectivity index (χ1) is 11.7. The van der Waals surface area contributed by atoms with E-state index < -0.39 is 0 Å². The Bertz CT molecular complexity index is 992. The van der Waals surface area contributed by atoms with Crippen LogP contribution in [0.1, 0.15) is 0 Å². The number of H-pyrrole nitrogens is 1. The van der Waals surface area contributed by atoms with E-state index in [4.69, 9.17) is 16.3 Å². The summed E-state index contributed by atoms with van der Waals surface area (Å²) in [5.74, 6) is 0.671. The summed E-state index contributed by atoms with van der Waals surface area (Å²) in [5, 5.41) is 0.611. The molecular weight excluding hydrogens is 320 g/mol. The maximum Gasteiger partial charge on any atom is 0.193 e. The zero-order valence-electron chi connectivity index (χ0n) is 13.1. The van der Waals surface area contributed by atoms with Crippen LogP contribution in [-0.4, -0.2) is 17.1 Å². The first-order valence-corrected chi connectivity index (χ1v) is 8.01. The van der Waals surface area contributed by atoms with E-state index in [1.165, 1.54) is 11.1 Å². The molecule has 0 unspecified atom stereocenters. The molecule has 1 N–H and O–H groups in total. The van der Waals surface area contributed by atoms with Crippen molar-refractivity contribution in [3.63, 3.8) is 0 Å². The summed E-state index contributed by atoms with van der Waals surface area (Å²) in [5.41, 5.74) is 5.81. The molecule has 4 aromatic rings. The van der Waals surface area contributed by atoms with Crippen LogP contribution in [0.15, 0.2) is 66.7 Å². The summed E-state index contributed by atoms with van der Waals surface area (Å²) in [6.45, 7) is 0. The van der Waals surface area contributed by atoms with Gasteiger partial charge in [-0.1, -0.05) is 66.2 Å². The highest BCUT2D eigenvalue weighted by molar-refractivity contribution is 6.33. The summed E-state index contributed by atoms with van der Waals surface area (Å²) >= 11 is 6.42. The van der Waals surface area contributed by atoms with Gasteiger partial charge in [-0.05, 0) is 17.2 Å². The van der Waals surface area contributed by atoms with Crippen molar-refractivity contribution < 1.29 is 4.74 Å². The molecule has 0 saturated carbocycles. The summed E-state index contributed by atoms with van der Waals surface area (Å²) in [4.78, 5) is 7.80. The Labute approximate surface area is 144 Å². The van der Waals surface area contributed by atoms with Crippen molar-refractivity contribution >= 4 is 22.6 Å². The zero-order chi connectivity index (χ0) is 16.5. The first kappa shape index (κ1) is 14.8. The van der Waals surface area contributed by atoms with Gasteiger partial charge in [0.2, 0.25) is 0 Å². The van der Waals surface area contributed by atoms with Gasteiger partial charge in [-0.15, -0.1) is 0 Å². The quantitative estimate of drug-likeness (QED) is 0.532. The van der Waals surface area contributed by atoms with Crippen molar-refractivity contribution in [1.29, 1.82) is 0 Å². The molecule has 2 aromatic heterocycles. The largest absolute Gasteiger partial charge is 0.482 e. The molecule has 0 aliphatic heterocycles. The number of aromatic amines is 1. The topological polar surface area (TPSA) is 37.9 Å². The van der Waals surface area contributed by atoms with Gasteiger partial charge in [-0.2, -0.15) is 0 Å². The Morgan fingerprint density at radius 2 is 1.54 bits per heavy atom. The third-order valence-corrected chi connectivity index (χ3v) is 4.30. The van der Waals surface area contributed by atoms with Gasteiger partial charge < -0.3 is 9.72 Å². The minimum Gasteiger partial charge on any atom is -0.482 e. The third-order valence-electron chi connectivity index (χ3n) is 4.02. The van der Waals surface area contributed by atoms with Crippen LogP contribution < -0.4 is 4.74 Å². The monoisotopic (exact) mass is 334 g/mol. The normalized spacial score (nSPS) is 10.9. The molecule has 0 amide bonds. The Balaban J connectivity index is 1.75. The van der Waals surface area contributed by atoms with Gasteiger partial charge in [-0.3, -0.25) is 0 Å². The second kappa shape index (κ2) is 6.02. The highest BCUT2D eigenvalue weighted by Gasteiger charge is 2.10. The zero-order valence-corrected chi connectivity index (χ0v) is 13.8. The number of ether oxygens (including phenoxy) is 1. The Morgan fingerprint density at radius 3 is 2.25 bits per heavy atom. The second-order valence-corrected chi connectivity index (χ2v) is 5.94. The predicted octanol–water partition coefficient (Wildman–Crippen LogP) is 5.56. The van der Waals surface area contributed by atoms with Crippen LogP contribution >= 0.6 is 11.6 Å². The number of hydrogen-bond donors (Lipinski definition) is 1. The maximum atomic E-state index is 6.42. The van der Waals surface area contributed by atoms with E-state index in [0.29, 0.717) is 10.9 Å². The van der Waals surface area contributed by atoms with Crippen LogP contribution in [-0.2, 0) is 0 Å². The van der Waals surface area contributed by atoms with Gasteiger partial charge in [0.1, 0.15) is 0 Å². The second-order valence-electron chi connectivity index (χ2n) is 5.53. The van der Waals surface area contributed by atoms with Crippen LogP contribution in [0.4, 0.5) is 0 Å². The fourth-order valence-corrected chi connectivity index (χ4v) is 3.03. The fourth-order valence-electron chi connectivity index (χ4n) is 2.77. The molecule has 0 radical (unpaired) electrons. The number of hydrogen-bond acceptors (Lipinski definition) is 2.